The minimum absolute atomic E-state index is 0.0724. The number of benzene rings is 1. The number of hydrogen-bond acceptors (Lipinski definition) is 5. The Morgan fingerprint density at radius 1 is 1.19 bits per heavy atom. The highest BCUT2D eigenvalue weighted by Crippen LogP contribution is 2.32. The lowest BCUT2D eigenvalue weighted by Crippen LogP contribution is -2.23. The van der Waals surface area contributed by atoms with Crippen molar-refractivity contribution < 1.29 is 17.9 Å². The van der Waals surface area contributed by atoms with Gasteiger partial charge in [-0.1, -0.05) is 17.7 Å². The molecule has 0 aliphatic carbocycles. The maximum atomic E-state index is 12.1. The summed E-state index contributed by atoms with van der Waals surface area (Å²) in [5.74, 6) is 1.26. The molecule has 0 atom stereocenters. The topological polar surface area (TPSA) is 77.5 Å². The van der Waals surface area contributed by atoms with Gasteiger partial charge in [0, 0.05) is 12.7 Å². The van der Waals surface area contributed by atoms with E-state index in [0.29, 0.717) is 11.5 Å². The summed E-state index contributed by atoms with van der Waals surface area (Å²) in [6.45, 7) is 0.318. The summed E-state index contributed by atoms with van der Waals surface area (Å²) in [5.41, 5.74) is 0.767. The molecule has 2 aromatic rings. The first-order chi connectivity index (χ1) is 10.0. The second kappa shape index (κ2) is 5.51. The Bertz CT molecular complexity index is 779. The predicted molar refractivity (Wildman–Crippen MR) is 75.8 cm³/mol. The quantitative estimate of drug-likeness (QED) is 0.869. The molecule has 1 aromatic heterocycles. The van der Waals surface area contributed by atoms with Gasteiger partial charge >= 0.3 is 0 Å². The zero-order valence-electron chi connectivity index (χ0n) is 10.7. The molecule has 1 N–H and O–H groups in total. The summed E-state index contributed by atoms with van der Waals surface area (Å²) in [6.07, 6.45) is 1.34. The Hall–Kier alpha value is -1.83. The van der Waals surface area contributed by atoms with Gasteiger partial charge in [-0.05, 0) is 29.8 Å². The highest BCUT2D eigenvalue weighted by Gasteiger charge is 2.16. The van der Waals surface area contributed by atoms with Crippen molar-refractivity contribution in [3.8, 4) is 11.5 Å². The van der Waals surface area contributed by atoms with Crippen molar-refractivity contribution in [1.82, 2.24) is 9.71 Å². The summed E-state index contributed by atoms with van der Waals surface area (Å²) >= 11 is 5.70. The van der Waals surface area contributed by atoms with Gasteiger partial charge in [0.2, 0.25) is 16.8 Å². The normalized spacial score (nSPS) is 13.4. The first-order valence-corrected chi connectivity index (χ1v) is 7.90. The molecular formula is C13H11ClN2O4S. The van der Waals surface area contributed by atoms with E-state index in [0.717, 1.165) is 5.56 Å². The fourth-order valence-electron chi connectivity index (χ4n) is 1.86. The van der Waals surface area contributed by atoms with E-state index in [-0.39, 0.29) is 23.4 Å². The van der Waals surface area contributed by atoms with Crippen LogP contribution in [0.4, 0.5) is 0 Å². The van der Waals surface area contributed by atoms with Gasteiger partial charge in [0.25, 0.3) is 0 Å². The Balaban J connectivity index is 1.75. The third kappa shape index (κ3) is 3.10. The highest BCUT2D eigenvalue weighted by atomic mass is 35.5. The van der Waals surface area contributed by atoms with E-state index < -0.39 is 10.0 Å². The van der Waals surface area contributed by atoms with Crippen LogP contribution in [0.15, 0.2) is 41.4 Å². The third-order valence-electron chi connectivity index (χ3n) is 2.91. The smallest absolute Gasteiger partial charge is 0.241 e. The molecule has 110 valence electrons. The second-order valence-corrected chi connectivity index (χ2v) is 6.48. The fraction of sp³-hybridized carbons (Fsp3) is 0.154. The van der Waals surface area contributed by atoms with Gasteiger partial charge < -0.3 is 9.47 Å². The van der Waals surface area contributed by atoms with Crippen LogP contribution in [0.2, 0.25) is 5.15 Å². The Kier molecular flexibility index (Phi) is 3.71. The van der Waals surface area contributed by atoms with Crippen molar-refractivity contribution in [2.45, 2.75) is 11.4 Å². The van der Waals surface area contributed by atoms with Gasteiger partial charge in [-0.25, -0.2) is 18.1 Å². The molecule has 0 bridgehead atoms. The standard InChI is InChI=1S/C13H11ClN2O4S/c14-13-6-10(3-4-15-13)21(17,18)16-7-9-1-2-11-12(5-9)20-8-19-11/h1-6,16H,7-8H2. The first-order valence-electron chi connectivity index (χ1n) is 6.04. The van der Waals surface area contributed by atoms with E-state index in [1.807, 2.05) is 0 Å². The molecule has 1 aliphatic heterocycles. The van der Waals surface area contributed by atoms with Crippen LogP contribution in [0, 0.1) is 0 Å². The average Bonchev–Trinajstić information content (AvgIpc) is 2.93. The van der Waals surface area contributed by atoms with Crippen molar-refractivity contribution in [2.75, 3.05) is 6.79 Å². The van der Waals surface area contributed by atoms with Gasteiger partial charge in [0.05, 0.1) is 4.90 Å². The van der Waals surface area contributed by atoms with Crippen LogP contribution in [0.3, 0.4) is 0 Å². The molecule has 6 nitrogen and oxygen atoms in total. The lowest BCUT2D eigenvalue weighted by Gasteiger charge is -2.07. The number of rotatable bonds is 4. The van der Waals surface area contributed by atoms with E-state index in [4.69, 9.17) is 21.1 Å². The number of sulfonamides is 1. The van der Waals surface area contributed by atoms with Crippen LogP contribution >= 0.6 is 11.6 Å². The van der Waals surface area contributed by atoms with Gasteiger partial charge in [-0.15, -0.1) is 0 Å². The van der Waals surface area contributed by atoms with Gasteiger partial charge in [0.1, 0.15) is 5.15 Å². The maximum Gasteiger partial charge on any atom is 0.241 e. The molecular weight excluding hydrogens is 316 g/mol. The zero-order valence-corrected chi connectivity index (χ0v) is 12.3. The SMILES string of the molecule is O=S(=O)(NCc1ccc2c(c1)OCO2)c1ccnc(Cl)c1. The summed E-state index contributed by atoms with van der Waals surface area (Å²) in [6, 6.07) is 7.94. The maximum absolute atomic E-state index is 12.1. The highest BCUT2D eigenvalue weighted by molar-refractivity contribution is 7.89. The zero-order chi connectivity index (χ0) is 14.9. The molecule has 1 aliphatic rings. The van der Waals surface area contributed by atoms with E-state index in [1.165, 1.54) is 18.3 Å². The molecule has 0 amide bonds. The summed E-state index contributed by atoms with van der Waals surface area (Å²) in [4.78, 5) is 3.83. The minimum Gasteiger partial charge on any atom is -0.454 e. The predicted octanol–water partition coefficient (Wildman–Crippen LogP) is 1.94. The van der Waals surface area contributed by atoms with E-state index in [2.05, 4.69) is 9.71 Å². The molecule has 0 unspecified atom stereocenters. The fourth-order valence-corrected chi connectivity index (χ4v) is 3.13. The second-order valence-electron chi connectivity index (χ2n) is 4.33. The molecule has 3 rings (SSSR count). The number of aromatic nitrogens is 1. The number of fused-ring (bicyclic) bond motifs is 1. The number of ether oxygens (including phenoxy) is 2. The van der Waals surface area contributed by atoms with Gasteiger partial charge in [-0.3, -0.25) is 0 Å². The third-order valence-corrected chi connectivity index (χ3v) is 4.52. The van der Waals surface area contributed by atoms with Crippen molar-refractivity contribution in [3.63, 3.8) is 0 Å². The van der Waals surface area contributed by atoms with Gasteiger partial charge in [0.15, 0.2) is 11.5 Å². The van der Waals surface area contributed by atoms with Crippen LogP contribution < -0.4 is 14.2 Å². The largest absolute Gasteiger partial charge is 0.454 e. The van der Waals surface area contributed by atoms with Crippen LogP contribution in [0.1, 0.15) is 5.56 Å². The molecule has 0 fully saturated rings. The summed E-state index contributed by atoms with van der Waals surface area (Å²) < 4.78 is 37.2. The Morgan fingerprint density at radius 2 is 2.00 bits per heavy atom. The van der Waals surface area contributed by atoms with Crippen LogP contribution in [-0.4, -0.2) is 20.2 Å². The molecule has 0 saturated carbocycles. The van der Waals surface area contributed by atoms with Crippen molar-refractivity contribution in [2.24, 2.45) is 0 Å². The van der Waals surface area contributed by atoms with Crippen LogP contribution in [-0.2, 0) is 16.6 Å². The van der Waals surface area contributed by atoms with Crippen LogP contribution in [0.25, 0.3) is 0 Å². The Labute approximate surface area is 126 Å². The molecule has 0 radical (unpaired) electrons. The van der Waals surface area contributed by atoms with Crippen LogP contribution in [0.5, 0.6) is 11.5 Å². The van der Waals surface area contributed by atoms with E-state index in [9.17, 15) is 8.42 Å². The number of halogens is 1. The molecule has 8 heteroatoms. The van der Waals surface area contributed by atoms with E-state index >= 15 is 0 Å². The number of nitrogens with one attached hydrogen (secondary N) is 1. The minimum atomic E-state index is -3.64. The molecule has 0 saturated heterocycles. The molecule has 21 heavy (non-hydrogen) atoms. The molecule has 0 spiro atoms. The lowest BCUT2D eigenvalue weighted by atomic mass is 10.2. The summed E-state index contributed by atoms with van der Waals surface area (Å²) in [5, 5.41) is 0.126. The molecule has 2 heterocycles. The first kappa shape index (κ1) is 14.1. The molecule has 1 aromatic carbocycles. The van der Waals surface area contributed by atoms with Gasteiger partial charge in [-0.2, -0.15) is 0 Å². The lowest BCUT2D eigenvalue weighted by molar-refractivity contribution is 0.174. The number of pyridine rings is 1. The van der Waals surface area contributed by atoms with Crippen molar-refractivity contribution >= 4 is 21.6 Å². The monoisotopic (exact) mass is 326 g/mol. The van der Waals surface area contributed by atoms with Crippen molar-refractivity contribution in [3.05, 3.63) is 47.2 Å². The summed E-state index contributed by atoms with van der Waals surface area (Å²) in [7, 11) is -3.64. The number of hydrogen-bond donors (Lipinski definition) is 1. The van der Waals surface area contributed by atoms with E-state index in [1.54, 1.807) is 18.2 Å². The van der Waals surface area contributed by atoms with Crippen molar-refractivity contribution in [1.29, 1.82) is 0 Å². The average molecular weight is 327 g/mol. The number of nitrogens with zero attached hydrogens (tertiary/aromatic N) is 1. The Morgan fingerprint density at radius 3 is 2.81 bits per heavy atom.